The molecule has 228 valence electrons. The van der Waals surface area contributed by atoms with Crippen molar-refractivity contribution in [3.8, 4) is 11.5 Å². The number of likely N-dealkylation sites (N-methyl/N-ethyl adjacent to an activating group) is 1. The Kier molecular flexibility index (Phi) is 10.3. The predicted molar refractivity (Wildman–Crippen MR) is 178 cm³/mol. The van der Waals surface area contributed by atoms with E-state index in [4.69, 9.17) is 32.7 Å². The number of anilines is 1. The summed E-state index contributed by atoms with van der Waals surface area (Å²) in [5.74, 6) is 0.504. The van der Waals surface area contributed by atoms with Gasteiger partial charge < -0.3 is 19.7 Å². The van der Waals surface area contributed by atoms with Crippen LogP contribution in [-0.2, 0) is 22.8 Å². The number of pyridine rings is 2. The molecule has 0 fully saturated rings. The lowest BCUT2D eigenvalue weighted by atomic mass is 10.1. The van der Waals surface area contributed by atoms with Crippen LogP contribution in [0.4, 0.5) is 5.69 Å². The molecule has 2 aromatic heterocycles. The van der Waals surface area contributed by atoms with Crippen molar-refractivity contribution in [2.24, 2.45) is 0 Å². The van der Waals surface area contributed by atoms with Crippen molar-refractivity contribution in [3.63, 3.8) is 0 Å². The number of amides is 2. The number of fused-ring (bicyclic) bond motifs is 1. The second kappa shape index (κ2) is 14.7. The standard InChI is InChI=1S/C35H30Cl2N4O4/c1-23-9-13-25-6-5-8-31(35(25)40-23)45-22-28-29(36)16-17-30(34(28)37)41(2)33(43)20-39-32(42)18-12-24-10-14-27(15-11-24)44-21-26-7-3-4-19-38-26/h3-19H,20-22H2,1-2H3,(H,39,42). The Labute approximate surface area is 271 Å². The van der Waals surface area contributed by atoms with Gasteiger partial charge in [-0.3, -0.25) is 14.6 Å². The van der Waals surface area contributed by atoms with Crippen molar-refractivity contribution in [1.82, 2.24) is 15.3 Å². The molecule has 5 aromatic rings. The first-order valence-electron chi connectivity index (χ1n) is 14.1. The van der Waals surface area contributed by atoms with Crippen LogP contribution in [0.5, 0.6) is 11.5 Å². The van der Waals surface area contributed by atoms with Gasteiger partial charge in [-0.25, -0.2) is 4.98 Å². The Morgan fingerprint density at radius 1 is 0.911 bits per heavy atom. The second-order valence-electron chi connectivity index (χ2n) is 10.1. The van der Waals surface area contributed by atoms with Gasteiger partial charge in [0.2, 0.25) is 11.8 Å². The number of nitrogens with zero attached hydrogens (tertiary/aromatic N) is 3. The van der Waals surface area contributed by atoms with Gasteiger partial charge in [-0.15, -0.1) is 0 Å². The van der Waals surface area contributed by atoms with Crippen LogP contribution in [0.1, 0.15) is 22.5 Å². The number of benzene rings is 3. The Morgan fingerprint density at radius 3 is 2.51 bits per heavy atom. The normalized spacial score (nSPS) is 11.0. The van der Waals surface area contributed by atoms with Gasteiger partial charge in [-0.2, -0.15) is 0 Å². The van der Waals surface area contributed by atoms with E-state index in [-0.39, 0.29) is 24.1 Å². The van der Waals surface area contributed by atoms with Gasteiger partial charge in [-0.05, 0) is 67.1 Å². The molecule has 0 saturated heterocycles. The Morgan fingerprint density at radius 2 is 1.73 bits per heavy atom. The van der Waals surface area contributed by atoms with Crippen LogP contribution in [-0.4, -0.2) is 35.4 Å². The Bertz CT molecular complexity index is 1850. The minimum atomic E-state index is -0.414. The number of nitrogens with one attached hydrogen (secondary N) is 1. The van der Waals surface area contributed by atoms with E-state index in [1.807, 2.05) is 79.7 Å². The number of para-hydroxylation sites is 1. The number of rotatable bonds is 11. The largest absolute Gasteiger partial charge is 0.487 e. The number of hydrogen-bond donors (Lipinski definition) is 1. The SMILES string of the molecule is Cc1ccc2cccc(OCc3c(Cl)ccc(N(C)C(=O)CNC(=O)C=Cc4ccc(OCc5ccccn5)cc4)c3Cl)c2n1. The molecule has 2 heterocycles. The summed E-state index contributed by atoms with van der Waals surface area (Å²) in [7, 11) is 1.58. The molecule has 3 aromatic carbocycles. The molecule has 0 saturated carbocycles. The topological polar surface area (TPSA) is 93.7 Å². The summed E-state index contributed by atoms with van der Waals surface area (Å²) < 4.78 is 11.8. The average molecular weight is 642 g/mol. The lowest BCUT2D eigenvalue weighted by Gasteiger charge is -2.21. The second-order valence-corrected chi connectivity index (χ2v) is 10.9. The highest BCUT2D eigenvalue weighted by Crippen LogP contribution is 2.35. The lowest BCUT2D eigenvalue weighted by molar-refractivity contribution is -0.122. The first-order chi connectivity index (χ1) is 21.8. The fourth-order valence-corrected chi connectivity index (χ4v) is 5.03. The first kappa shape index (κ1) is 31.5. The van der Waals surface area contributed by atoms with Crippen LogP contribution in [0.2, 0.25) is 10.0 Å². The van der Waals surface area contributed by atoms with E-state index in [1.165, 1.54) is 11.0 Å². The quantitative estimate of drug-likeness (QED) is 0.154. The molecule has 0 aliphatic heterocycles. The number of aromatic nitrogens is 2. The molecule has 0 radical (unpaired) electrons. The summed E-state index contributed by atoms with van der Waals surface area (Å²) in [6, 6.07) is 25.9. The van der Waals surface area contributed by atoms with E-state index in [0.29, 0.717) is 34.4 Å². The van der Waals surface area contributed by atoms with Crippen LogP contribution >= 0.6 is 23.2 Å². The van der Waals surface area contributed by atoms with Crippen LogP contribution in [0.25, 0.3) is 17.0 Å². The molecule has 45 heavy (non-hydrogen) atoms. The van der Waals surface area contributed by atoms with Crippen molar-refractivity contribution < 1.29 is 19.1 Å². The number of halogens is 2. The van der Waals surface area contributed by atoms with Crippen LogP contribution < -0.4 is 19.7 Å². The molecule has 1 N–H and O–H groups in total. The third-order valence-corrected chi connectivity index (χ3v) is 7.71. The van der Waals surface area contributed by atoms with Crippen LogP contribution in [0.15, 0.2) is 97.2 Å². The molecule has 0 bridgehead atoms. The maximum Gasteiger partial charge on any atom is 0.246 e. The molecular weight excluding hydrogens is 611 g/mol. The fourth-order valence-electron chi connectivity index (χ4n) is 4.42. The maximum atomic E-state index is 13.0. The molecule has 0 aliphatic carbocycles. The molecule has 5 rings (SSSR count). The molecular formula is C35H30Cl2N4O4. The molecule has 0 unspecified atom stereocenters. The molecule has 0 spiro atoms. The number of ether oxygens (including phenoxy) is 2. The van der Waals surface area contributed by atoms with Gasteiger partial charge in [-0.1, -0.05) is 59.6 Å². The van der Waals surface area contributed by atoms with E-state index in [2.05, 4.69) is 15.3 Å². The molecule has 2 amide bonds. The summed E-state index contributed by atoms with van der Waals surface area (Å²) in [6.07, 6.45) is 4.74. The molecule has 0 aliphatic rings. The van der Waals surface area contributed by atoms with Crippen LogP contribution in [0, 0.1) is 6.92 Å². The van der Waals surface area contributed by atoms with Crippen molar-refractivity contribution in [2.45, 2.75) is 20.1 Å². The highest BCUT2D eigenvalue weighted by atomic mass is 35.5. The fraction of sp³-hybridized carbons (Fsp3) is 0.143. The zero-order chi connectivity index (χ0) is 31.8. The zero-order valence-electron chi connectivity index (χ0n) is 24.7. The van der Waals surface area contributed by atoms with Crippen molar-refractivity contribution in [3.05, 3.63) is 130 Å². The summed E-state index contributed by atoms with van der Waals surface area (Å²) in [5, 5.41) is 4.25. The van der Waals surface area contributed by atoms with Gasteiger partial charge in [0.15, 0.2) is 0 Å². The number of carbonyl (C=O) groups is 2. The van der Waals surface area contributed by atoms with Gasteiger partial charge in [0.05, 0.1) is 22.9 Å². The van der Waals surface area contributed by atoms with Crippen molar-refractivity contribution in [1.29, 1.82) is 0 Å². The van der Waals surface area contributed by atoms with Gasteiger partial charge >= 0.3 is 0 Å². The van der Waals surface area contributed by atoms with Crippen molar-refractivity contribution in [2.75, 3.05) is 18.5 Å². The predicted octanol–water partition coefficient (Wildman–Crippen LogP) is 7.20. The third kappa shape index (κ3) is 8.17. The maximum absolute atomic E-state index is 13.0. The summed E-state index contributed by atoms with van der Waals surface area (Å²) in [5.41, 5.74) is 4.20. The minimum Gasteiger partial charge on any atom is -0.487 e. The van der Waals surface area contributed by atoms with Gasteiger partial charge in [0.1, 0.15) is 30.2 Å². The highest BCUT2D eigenvalue weighted by molar-refractivity contribution is 6.38. The number of hydrogen-bond acceptors (Lipinski definition) is 6. The molecule has 0 atom stereocenters. The van der Waals surface area contributed by atoms with E-state index in [0.717, 1.165) is 27.9 Å². The number of carbonyl (C=O) groups excluding carboxylic acids is 2. The minimum absolute atomic E-state index is 0.0706. The Balaban J connectivity index is 1.15. The highest BCUT2D eigenvalue weighted by Gasteiger charge is 2.19. The molecule has 8 nitrogen and oxygen atoms in total. The van der Waals surface area contributed by atoms with Gasteiger partial charge in [0, 0.05) is 41.0 Å². The van der Waals surface area contributed by atoms with Crippen LogP contribution in [0.3, 0.4) is 0 Å². The van der Waals surface area contributed by atoms with E-state index in [1.54, 1.807) is 31.5 Å². The van der Waals surface area contributed by atoms with E-state index < -0.39 is 5.91 Å². The monoisotopic (exact) mass is 640 g/mol. The lowest BCUT2D eigenvalue weighted by Crippen LogP contribution is -2.37. The third-order valence-electron chi connectivity index (χ3n) is 6.93. The summed E-state index contributed by atoms with van der Waals surface area (Å²) >= 11 is 13.2. The average Bonchev–Trinajstić information content (AvgIpc) is 3.06. The first-order valence-corrected chi connectivity index (χ1v) is 14.9. The van der Waals surface area contributed by atoms with Gasteiger partial charge in [0.25, 0.3) is 0 Å². The van der Waals surface area contributed by atoms with E-state index >= 15 is 0 Å². The smallest absolute Gasteiger partial charge is 0.246 e. The summed E-state index contributed by atoms with van der Waals surface area (Å²) in [6.45, 7) is 2.12. The Hall–Kier alpha value is -4.92. The number of aryl methyl sites for hydroxylation is 1. The van der Waals surface area contributed by atoms with E-state index in [9.17, 15) is 9.59 Å². The zero-order valence-corrected chi connectivity index (χ0v) is 26.2. The molecule has 10 heteroatoms. The summed E-state index contributed by atoms with van der Waals surface area (Å²) in [4.78, 5) is 35.6. The van der Waals surface area contributed by atoms with Crippen molar-refractivity contribution >= 4 is 57.7 Å².